The summed E-state index contributed by atoms with van der Waals surface area (Å²) in [6.45, 7) is 5.33. The lowest BCUT2D eigenvalue weighted by atomic mass is 9.87. The minimum Gasteiger partial charge on any atom is -0.465 e. The molecular weight excluding hydrogens is 272 g/mol. The van der Waals surface area contributed by atoms with E-state index in [-0.39, 0.29) is 13.2 Å². The fourth-order valence-electron chi connectivity index (χ4n) is 2.08. The first-order chi connectivity index (χ1) is 10.0. The van der Waals surface area contributed by atoms with Gasteiger partial charge in [-0.2, -0.15) is 0 Å². The number of aliphatic hydroxyl groups excluding tert-OH is 1. The number of esters is 2. The van der Waals surface area contributed by atoms with Crippen LogP contribution in [0.15, 0.2) is 30.3 Å². The first-order valence-electron chi connectivity index (χ1n) is 7.09. The minimum absolute atomic E-state index is 0.140. The van der Waals surface area contributed by atoms with Crippen molar-refractivity contribution in [1.29, 1.82) is 0 Å². The zero-order chi connectivity index (χ0) is 15.8. The van der Waals surface area contributed by atoms with E-state index in [9.17, 15) is 14.7 Å². The van der Waals surface area contributed by atoms with Crippen molar-refractivity contribution in [3.05, 3.63) is 35.9 Å². The molecule has 1 rings (SSSR count). The lowest BCUT2D eigenvalue weighted by molar-refractivity contribution is -0.167. The van der Waals surface area contributed by atoms with Crippen LogP contribution in [0, 0.1) is 5.92 Å². The molecule has 0 fully saturated rings. The third-order valence-electron chi connectivity index (χ3n) is 3.26. The van der Waals surface area contributed by atoms with Gasteiger partial charge in [-0.3, -0.25) is 9.59 Å². The van der Waals surface area contributed by atoms with Crippen LogP contribution in [0.25, 0.3) is 0 Å². The molecule has 5 nitrogen and oxygen atoms in total. The standard InChI is InChI=1S/C16H22O5/c1-4-20-15(18)13(16(19)21-5-2)14(17)11(3)12-9-7-6-8-10-12/h6-11,13-14,17H,4-5H2,1-3H3. The molecule has 0 bridgehead atoms. The molecule has 0 spiro atoms. The van der Waals surface area contributed by atoms with Crippen LogP contribution in [-0.4, -0.2) is 36.4 Å². The molecule has 1 N–H and O–H groups in total. The Kier molecular flexibility index (Phi) is 6.88. The van der Waals surface area contributed by atoms with Gasteiger partial charge in [0.15, 0.2) is 5.92 Å². The summed E-state index contributed by atoms with van der Waals surface area (Å²) in [5, 5.41) is 10.4. The summed E-state index contributed by atoms with van der Waals surface area (Å²) >= 11 is 0. The summed E-state index contributed by atoms with van der Waals surface area (Å²) in [5.74, 6) is -3.25. The van der Waals surface area contributed by atoms with E-state index in [1.807, 2.05) is 30.3 Å². The maximum Gasteiger partial charge on any atom is 0.323 e. The number of carbonyl (C=O) groups excluding carboxylic acids is 2. The maximum atomic E-state index is 12.0. The van der Waals surface area contributed by atoms with Crippen LogP contribution in [0.4, 0.5) is 0 Å². The average Bonchev–Trinajstić information content (AvgIpc) is 2.48. The molecule has 0 amide bonds. The number of rotatable bonds is 7. The van der Waals surface area contributed by atoms with Gasteiger partial charge in [-0.25, -0.2) is 0 Å². The van der Waals surface area contributed by atoms with Gasteiger partial charge in [-0.05, 0) is 19.4 Å². The average molecular weight is 294 g/mol. The number of hydrogen-bond acceptors (Lipinski definition) is 5. The maximum absolute atomic E-state index is 12.0. The molecule has 2 unspecified atom stereocenters. The minimum atomic E-state index is -1.33. The molecule has 5 heteroatoms. The molecule has 0 saturated heterocycles. The van der Waals surface area contributed by atoms with Gasteiger partial charge in [0.1, 0.15) is 0 Å². The molecule has 2 atom stereocenters. The molecule has 116 valence electrons. The smallest absolute Gasteiger partial charge is 0.323 e. The van der Waals surface area contributed by atoms with Crippen LogP contribution < -0.4 is 0 Å². The van der Waals surface area contributed by atoms with Gasteiger partial charge in [-0.15, -0.1) is 0 Å². The fourth-order valence-corrected chi connectivity index (χ4v) is 2.08. The van der Waals surface area contributed by atoms with Crippen LogP contribution in [0.2, 0.25) is 0 Å². The highest BCUT2D eigenvalue weighted by molar-refractivity contribution is 5.95. The third-order valence-corrected chi connectivity index (χ3v) is 3.26. The summed E-state index contributed by atoms with van der Waals surface area (Å²) in [5.41, 5.74) is 0.837. The van der Waals surface area contributed by atoms with Crippen molar-refractivity contribution in [2.45, 2.75) is 32.8 Å². The molecule has 0 aromatic heterocycles. The van der Waals surface area contributed by atoms with Gasteiger partial charge >= 0.3 is 11.9 Å². The largest absolute Gasteiger partial charge is 0.465 e. The van der Waals surface area contributed by atoms with Gasteiger partial charge in [0, 0.05) is 5.92 Å². The molecular formula is C16H22O5. The van der Waals surface area contributed by atoms with Crippen LogP contribution in [0.3, 0.4) is 0 Å². The van der Waals surface area contributed by atoms with E-state index >= 15 is 0 Å². The van der Waals surface area contributed by atoms with Crippen molar-refractivity contribution < 1.29 is 24.2 Å². The molecule has 21 heavy (non-hydrogen) atoms. The van der Waals surface area contributed by atoms with Gasteiger partial charge in [0.2, 0.25) is 0 Å². The topological polar surface area (TPSA) is 72.8 Å². The van der Waals surface area contributed by atoms with E-state index < -0.39 is 29.9 Å². The van der Waals surface area contributed by atoms with E-state index in [0.717, 1.165) is 5.56 Å². The van der Waals surface area contributed by atoms with Crippen LogP contribution in [0.5, 0.6) is 0 Å². The number of ether oxygens (including phenoxy) is 2. The highest BCUT2D eigenvalue weighted by atomic mass is 16.6. The molecule has 0 radical (unpaired) electrons. The Morgan fingerprint density at radius 2 is 1.52 bits per heavy atom. The quantitative estimate of drug-likeness (QED) is 0.614. The first kappa shape index (κ1) is 17.2. The predicted octanol–water partition coefficient (Wildman–Crippen LogP) is 1.89. The molecule has 0 aliphatic carbocycles. The molecule has 1 aromatic rings. The Morgan fingerprint density at radius 3 is 1.95 bits per heavy atom. The summed E-state index contributed by atoms with van der Waals surface area (Å²) in [6.07, 6.45) is -1.20. The predicted molar refractivity (Wildman–Crippen MR) is 77.6 cm³/mol. The summed E-state index contributed by atoms with van der Waals surface area (Å²) in [4.78, 5) is 23.9. The SMILES string of the molecule is CCOC(=O)C(C(=O)OCC)C(O)C(C)c1ccccc1. The Bertz CT molecular complexity index is 439. The number of aliphatic hydroxyl groups is 1. The van der Waals surface area contributed by atoms with Crippen molar-refractivity contribution in [3.8, 4) is 0 Å². The highest BCUT2D eigenvalue weighted by Crippen LogP contribution is 2.25. The summed E-state index contributed by atoms with van der Waals surface area (Å²) in [6, 6.07) is 9.20. The molecule has 0 aliphatic rings. The molecule has 0 heterocycles. The zero-order valence-electron chi connectivity index (χ0n) is 12.6. The zero-order valence-corrected chi connectivity index (χ0v) is 12.6. The van der Waals surface area contributed by atoms with Crippen molar-refractivity contribution in [2.75, 3.05) is 13.2 Å². The van der Waals surface area contributed by atoms with E-state index in [1.165, 1.54) is 0 Å². The molecule has 0 aliphatic heterocycles. The second-order valence-corrected chi connectivity index (χ2v) is 4.67. The highest BCUT2D eigenvalue weighted by Gasteiger charge is 2.39. The second kappa shape index (κ2) is 8.42. The van der Waals surface area contributed by atoms with E-state index in [4.69, 9.17) is 9.47 Å². The lowest BCUT2D eigenvalue weighted by Gasteiger charge is -2.25. The summed E-state index contributed by atoms with van der Waals surface area (Å²) < 4.78 is 9.76. The van der Waals surface area contributed by atoms with Crippen molar-refractivity contribution in [1.82, 2.24) is 0 Å². The summed E-state index contributed by atoms with van der Waals surface area (Å²) in [7, 11) is 0. The van der Waals surface area contributed by atoms with Gasteiger partial charge in [0.25, 0.3) is 0 Å². The van der Waals surface area contributed by atoms with Crippen molar-refractivity contribution in [2.24, 2.45) is 5.92 Å². The van der Waals surface area contributed by atoms with Crippen LogP contribution in [0.1, 0.15) is 32.3 Å². The van der Waals surface area contributed by atoms with Crippen LogP contribution in [-0.2, 0) is 19.1 Å². The van der Waals surface area contributed by atoms with Gasteiger partial charge in [0.05, 0.1) is 19.3 Å². The normalized spacial score (nSPS) is 13.6. The molecule has 1 aromatic carbocycles. The molecule has 0 saturated carbocycles. The van der Waals surface area contributed by atoms with Gasteiger partial charge < -0.3 is 14.6 Å². The third kappa shape index (κ3) is 4.56. The fraction of sp³-hybridized carbons (Fsp3) is 0.500. The Balaban J connectivity index is 2.96. The van der Waals surface area contributed by atoms with Crippen molar-refractivity contribution >= 4 is 11.9 Å². The Hall–Kier alpha value is -1.88. The Morgan fingerprint density at radius 1 is 1.05 bits per heavy atom. The Labute approximate surface area is 124 Å². The van der Waals surface area contributed by atoms with Crippen LogP contribution >= 0.6 is 0 Å². The van der Waals surface area contributed by atoms with E-state index in [0.29, 0.717) is 0 Å². The number of hydrogen-bond donors (Lipinski definition) is 1. The van der Waals surface area contributed by atoms with Crippen molar-refractivity contribution in [3.63, 3.8) is 0 Å². The lowest BCUT2D eigenvalue weighted by Crippen LogP contribution is -2.40. The number of benzene rings is 1. The van der Waals surface area contributed by atoms with Gasteiger partial charge in [-0.1, -0.05) is 37.3 Å². The number of carbonyl (C=O) groups is 2. The van der Waals surface area contributed by atoms with E-state index in [1.54, 1.807) is 20.8 Å². The monoisotopic (exact) mass is 294 g/mol. The first-order valence-corrected chi connectivity index (χ1v) is 7.09. The van der Waals surface area contributed by atoms with E-state index in [2.05, 4.69) is 0 Å². The second-order valence-electron chi connectivity index (χ2n) is 4.67.